The van der Waals surface area contributed by atoms with Gasteiger partial charge in [-0.3, -0.25) is 0 Å². The Kier molecular flexibility index (Phi) is 3.06. The summed E-state index contributed by atoms with van der Waals surface area (Å²) < 4.78 is 5.24. The lowest BCUT2D eigenvalue weighted by Crippen LogP contribution is -2.20. The van der Waals surface area contributed by atoms with Crippen molar-refractivity contribution in [2.75, 3.05) is 24.7 Å². The molecule has 0 aromatic heterocycles. The SMILES string of the molecule is COc1ccc(N)c(NCC2CC3CCC2C3)c1. The second-order valence-electron chi connectivity index (χ2n) is 5.77. The van der Waals surface area contributed by atoms with Crippen LogP contribution in [0.15, 0.2) is 18.2 Å². The van der Waals surface area contributed by atoms with Crippen molar-refractivity contribution in [1.82, 2.24) is 0 Å². The fourth-order valence-electron chi connectivity index (χ4n) is 3.68. The first kappa shape index (κ1) is 11.7. The van der Waals surface area contributed by atoms with Crippen LogP contribution in [0.25, 0.3) is 0 Å². The first-order valence-corrected chi connectivity index (χ1v) is 6.93. The van der Waals surface area contributed by atoms with Crippen LogP contribution in [0.4, 0.5) is 11.4 Å². The molecule has 2 saturated carbocycles. The van der Waals surface area contributed by atoms with E-state index < -0.39 is 0 Å². The molecule has 0 aliphatic heterocycles. The molecular formula is C15H22N2O. The highest BCUT2D eigenvalue weighted by atomic mass is 16.5. The van der Waals surface area contributed by atoms with Crippen molar-refractivity contribution >= 4 is 11.4 Å². The molecule has 2 aliphatic carbocycles. The van der Waals surface area contributed by atoms with E-state index in [1.54, 1.807) is 7.11 Å². The van der Waals surface area contributed by atoms with Crippen molar-refractivity contribution in [1.29, 1.82) is 0 Å². The predicted molar refractivity (Wildman–Crippen MR) is 74.8 cm³/mol. The molecule has 3 atom stereocenters. The van der Waals surface area contributed by atoms with E-state index >= 15 is 0 Å². The number of fused-ring (bicyclic) bond motifs is 2. The van der Waals surface area contributed by atoms with E-state index in [4.69, 9.17) is 10.5 Å². The average molecular weight is 246 g/mol. The Morgan fingerprint density at radius 2 is 2.22 bits per heavy atom. The molecule has 3 unspecified atom stereocenters. The van der Waals surface area contributed by atoms with Gasteiger partial charge in [-0.1, -0.05) is 6.42 Å². The van der Waals surface area contributed by atoms with Gasteiger partial charge in [0.25, 0.3) is 0 Å². The number of benzene rings is 1. The highest BCUT2D eigenvalue weighted by molar-refractivity contribution is 5.68. The van der Waals surface area contributed by atoms with Gasteiger partial charge in [-0.2, -0.15) is 0 Å². The summed E-state index contributed by atoms with van der Waals surface area (Å²) in [5, 5.41) is 3.51. The molecule has 3 nitrogen and oxygen atoms in total. The standard InChI is InChI=1S/C15H22N2O/c1-18-13-4-5-14(16)15(8-13)17-9-12-7-10-2-3-11(12)6-10/h4-5,8,10-12,17H,2-3,6-7,9,16H2,1H3. The number of nitrogens with two attached hydrogens (primary N) is 1. The summed E-state index contributed by atoms with van der Waals surface area (Å²) in [7, 11) is 1.69. The lowest BCUT2D eigenvalue weighted by molar-refractivity contribution is 0.348. The Morgan fingerprint density at radius 3 is 2.89 bits per heavy atom. The quantitative estimate of drug-likeness (QED) is 0.802. The van der Waals surface area contributed by atoms with Crippen LogP contribution >= 0.6 is 0 Å². The zero-order valence-electron chi connectivity index (χ0n) is 11.0. The van der Waals surface area contributed by atoms with Gasteiger partial charge in [0.1, 0.15) is 5.75 Å². The maximum absolute atomic E-state index is 5.99. The summed E-state index contributed by atoms with van der Waals surface area (Å²) in [6.45, 7) is 1.05. The second kappa shape index (κ2) is 4.71. The Balaban J connectivity index is 1.62. The van der Waals surface area contributed by atoms with Gasteiger partial charge in [-0.25, -0.2) is 0 Å². The Hall–Kier alpha value is -1.38. The van der Waals surface area contributed by atoms with Crippen LogP contribution in [0.3, 0.4) is 0 Å². The zero-order chi connectivity index (χ0) is 12.5. The van der Waals surface area contributed by atoms with Gasteiger partial charge < -0.3 is 15.8 Å². The van der Waals surface area contributed by atoms with E-state index in [0.29, 0.717) is 0 Å². The molecule has 2 fully saturated rings. The third kappa shape index (κ3) is 2.14. The summed E-state index contributed by atoms with van der Waals surface area (Å²) in [5.41, 5.74) is 7.80. The summed E-state index contributed by atoms with van der Waals surface area (Å²) in [6.07, 6.45) is 5.76. The van der Waals surface area contributed by atoms with Gasteiger partial charge in [-0.05, 0) is 49.1 Å². The molecule has 0 saturated heterocycles. The van der Waals surface area contributed by atoms with E-state index in [1.807, 2.05) is 18.2 Å². The smallest absolute Gasteiger partial charge is 0.121 e. The summed E-state index contributed by atoms with van der Waals surface area (Å²) in [6, 6.07) is 5.79. The summed E-state index contributed by atoms with van der Waals surface area (Å²) >= 11 is 0. The maximum Gasteiger partial charge on any atom is 0.121 e. The van der Waals surface area contributed by atoms with Crippen molar-refractivity contribution in [2.24, 2.45) is 17.8 Å². The van der Waals surface area contributed by atoms with Crippen LogP contribution < -0.4 is 15.8 Å². The van der Waals surface area contributed by atoms with Crippen LogP contribution in [0.5, 0.6) is 5.75 Å². The van der Waals surface area contributed by atoms with Crippen LogP contribution in [0.2, 0.25) is 0 Å². The Labute approximate surface area is 109 Å². The largest absolute Gasteiger partial charge is 0.497 e. The third-order valence-electron chi connectivity index (χ3n) is 4.70. The molecule has 0 heterocycles. The van der Waals surface area contributed by atoms with Crippen molar-refractivity contribution < 1.29 is 4.74 Å². The van der Waals surface area contributed by atoms with E-state index in [2.05, 4.69) is 5.32 Å². The first-order valence-electron chi connectivity index (χ1n) is 6.93. The number of nitrogens with one attached hydrogen (secondary N) is 1. The van der Waals surface area contributed by atoms with Crippen molar-refractivity contribution in [3.63, 3.8) is 0 Å². The normalized spacial score (nSPS) is 29.5. The van der Waals surface area contributed by atoms with Gasteiger partial charge >= 0.3 is 0 Å². The highest BCUT2D eigenvalue weighted by Gasteiger charge is 2.39. The average Bonchev–Trinajstić information content (AvgIpc) is 3.00. The number of methoxy groups -OCH3 is 1. The molecule has 3 heteroatoms. The van der Waals surface area contributed by atoms with Gasteiger partial charge in [0, 0.05) is 12.6 Å². The molecule has 98 valence electrons. The first-order chi connectivity index (χ1) is 8.76. The number of ether oxygens (including phenoxy) is 1. The number of nitrogen functional groups attached to an aromatic ring is 1. The Morgan fingerprint density at radius 1 is 1.33 bits per heavy atom. The van der Waals surface area contributed by atoms with Gasteiger partial charge in [-0.15, -0.1) is 0 Å². The summed E-state index contributed by atoms with van der Waals surface area (Å²) in [5.74, 6) is 3.66. The zero-order valence-corrected chi connectivity index (χ0v) is 11.0. The third-order valence-corrected chi connectivity index (χ3v) is 4.70. The minimum Gasteiger partial charge on any atom is -0.497 e. The number of hydrogen-bond acceptors (Lipinski definition) is 3. The molecule has 0 radical (unpaired) electrons. The predicted octanol–water partition coefficient (Wildman–Crippen LogP) is 3.13. The van der Waals surface area contributed by atoms with Gasteiger partial charge in [0.15, 0.2) is 0 Å². The van der Waals surface area contributed by atoms with Gasteiger partial charge in [0.2, 0.25) is 0 Å². The molecule has 0 spiro atoms. The molecule has 1 aromatic rings. The fraction of sp³-hybridized carbons (Fsp3) is 0.600. The van der Waals surface area contributed by atoms with E-state index in [9.17, 15) is 0 Å². The second-order valence-corrected chi connectivity index (χ2v) is 5.77. The van der Waals surface area contributed by atoms with Gasteiger partial charge in [0.05, 0.1) is 18.5 Å². The van der Waals surface area contributed by atoms with E-state index in [1.165, 1.54) is 25.7 Å². The molecular weight excluding hydrogens is 224 g/mol. The molecule has 18 heavy (non-hydrogen) atoms. The molecule has 2 bridgehead atoms. The topological polar surface area (TPSA) is 47.3 Å². The fourth-order valence-corrected chi connectivity index (χ4v) is 3.68. The van der Waals surface area contributed by atoms with Crippen LogP contribution in [-0.4, -0.2) is 13.7 Å². The lowest BCUT2D eigenvalue weighted by Gasteiger charge is -2.23. The maximum atomic E-state index is 5.99. The van der Waals surface area contributed by atoms with Crippen molar-refractivity contribution in [2.45, 2.75) is 25.7 Å². The van der Waals surface area contributed by atoms with E-state index in [-0.39, 0.29) is 0 Å². The van der Waals surface area contributed by atoms with E-state index in [0.717, 1.165) is 41.4 Å². The highest BCUT2D eigenvalue weighted by Crippen LogP contribution is 2.48. The van der Waals surface area contributed by atoms with Crippen LogP contribution in [0, 0.1) is 17.8 Å². The molecule has 3 N–H and O–H groups in total. The van der Waals surface area contributed by atoms with Crippen molar-refractivity contribution in [3.05, 3.63) is 18.2 Å². The van der Waals surface area contributed by atoms with Crippen LogP contribution in [-0.2, 0) is 0 Å². The molecule has 2 aliphatic rings. The number of hydrogen-bond donors (Lipinski definition) is 2. The molecule has 0 amide bonds. The van der Waals surface area contributed by atoms with Crippen molar-refractivity contribution in [3.8, 4) is 5.75 Å². The summed E-state index contributed by atoms with van der Waals surface area (Å²) in [4.78, 5) is 0. The molecule has 3 rings (SSSR count). The monoisotopic (exact) mass is 246 g/mol. The minimum absolute atomic E-state index is 0.805. The lowest BCUT2D eigenvalue weighted by atomic mass is 9.89. The number of rotatable bonds is 4. The number of anilines is 2. The van der Waals surface area contributed by atoms with Crippen LogP contribution in [0.1, 0.15) is 25.7 Å². The molecule has 1 aromatic carbocycles. The Bertz CT molecular complexity index is 433. The minimum atomic E-state index is 0.805.